The molecule has 1 aliphatic heterocycles. The molecule has 5 aliphatic rings. The van der Waals surface area contributed by atoms with Crippen LogP contribution in [0.4, 0.5) is 0 Å². The first kappa shape index (κ1) is 26.7. The van der Waals surface area contributed by atoms with Crippen LogP contribution in [0.5, 0.6) is 0 Å². The summed E-state index contributed by atoms with van der Waals surface area (Å²) in [5, 5.41) is 43.0. The van der Waals surface area contributed by atoms with E-state index in [1.165, 1.54) is 11.6 Å². The zero-order valence-corrected chi connectivity index (χ0v) is 22.6. The Balaban J connectivity index is 1.21. The first-order valence-electron chi connectivity index (χ1n) is 14.4. The first-order chi connectivity index (χ1) is 18.0. The van der Waals surface area contributed by atoms with Crippen LogP contribution < -0.4 is 5.63 Å². The molecule has 0 radical (unpaired) electrons. The van der Waals surface area contributed by atoms with E-state index in [-0.39, 0.29) is 34.4 Å². The Morgan fingerprint density at radius 1 is 0.947 bits per heavy atom. The van der Waals surface area contributed by atoms with Gasteiger partial charge in [-0.3, -0.25) is 0 Å². The highest BCUT2D eigenvalue weighted by Crippen LogP contribution is 2.70. The lowest BCUT2D eigenvalue weighted by molar-refractivity contribution is -0.301. The minimum atomic E-state index is -1.31. The second-order valence-corrected chi connectivity index (χ2v) is 13.1. The van der Waals surface area contributed by atoms with Gasteiger partial charge >= 0.3 is 5.63 Å². The summed E-state index contributed by atoms with van der Waals surface area (Å²) in [4.78, 5) is 11.5. The van der Waals surface area contributed by atoms with Crippen molar-refractivity contribution in [2.45, 2.75) is 120 Å². The van der Waals surface area contributed by atoms with Crippen LogP contribution in [0.15, 0.2) is 39.3 Å². The molecule has 0 unspecified atom stereocenters. The zero-order chi connectivity index (χ0) is 27.0. The summed E-state index contributed by atoms with van der Waals surface area (Å²) < 4.78 is 17.0. The standard InChI is InChI=1S/C30H42O8/c1-16-24(32)25(33)26(34)27(37-16)38-19-8-11-28(2)18(14-19)5-6-22-21(28)9-12-29(3)20(10-13-30(22,29)35)17-4-7-23(31)36-15-17/h4,7,14-16,19-22,24-27,32-35H,5-6,8-13H2,1-3H3/t16-,19-,20-,21-,22+,24-,25+,26+,27-,28-,29+,30+/m0/s1. The fourth-order valence-corrected chi connectivity index (χ4v) is 9.17. The number of aliphatic hydroxyl groups excluding tert-OH is 3. The minimum Gasteiger partial charge on any atom is -0.431 e. The van der Waals surface area contributed by atoms with E-state index in [9.17, 15) is 25.2 Å². The maximum Gasteiger partial charge on any atom is 0.335 e. The topological polar surface area (TPSA) is 130 Å². The Kier molecular flexibility index (Phi) is 6.49. The summed E-state index contributed by atoms with van der Waals surface area (Å²) in [5.74, 6) is 0.759. The molecule has 0 aromatic carbocycles. The van der Waals surface area contributed by atoms with Gasteiger partial charge in [0.1, 0.15) is 18.3 Å². The highest BCUT2D eigenvalue weighted by atomic mass is 16.7. The molecule has 3 saturated carbocycles. The summed E-state index contributed by atoms with van der Waals surface area (Å²) in [6.45, 7) is 6.26. The fourth-order valence-electron chi connectivity index (χ4n) is 9.17. The Labute approximate surface area is 223 Å². The van der Waals surface area contributed by atoms with Gasteiger partial charge in [-0.25, -0.2) is 4.79 Å². The van der Waals surface area contributed by atoms with Crippen LogP contribution in [-0.2, 0) is 9.47 Å². The average molecular weight is 531 g/mol. The van der Waals surface area contributed by atoms with Crippen molar-refractivity contribution in [3.05, 3.63) is 46.0 Å². The molecule has 8 nitrogen and oxygen atoms in total. The average Bonchev–Trinajstić information content (AvgIpc) is 3.18. The van der Waals surface area contributed by atoms with Gasteiger partial charge in [-0.1, -0.05) is 25.5 Å². The molecule has 4 aliphatic carbocycles. The van der Waals surface area contributed by atoms with Crippen molar-refractivity contribution < 1.29 is 34.3 Å². The van der Waals surface area contributed by atoms with Crippen molar-refractivity contribution in [2.24, 2.45) is 22.7 Å². The van der Waals surface area contributed by atoms with E-state index < -0.39 is 36.3 Å². The first-order valence-corrected chi connectivity index (χ1v) is 14.4. The van der Waals surface area contributed by atoms with Gasteiger partial charge in [0.05, 0.1) is 24.1 Å². The molecule has 38 heavy (non-hydrogen) atoms. The smallest absolute Gasteiger partial charge is 0.335 e. The summed E-state index contributed by atoms with van der Waals surface area (Å²) in [7, 11) is 0. The van der Waals surface area contributed by atoms with Gasteiger partial charge in [-0.05, 0) is 93.1 Å². The number of ether oxygens (including phenoxy) is 2. The maximum absolute atomic E-state index is 12.4. The van der Waals surface area contributed by atoms with E-state index >= 15 is 0 Å². The van der Waals surface area contributed by atoms with Crippen LogP contribution >= 0.6 is 0 Å². The molecule has 1 aromatic heterocycles. The van der Waals surface area contributed by atoms with Crippen LogP contribution in [0.25, 0.3) is 0 Å². The number of aliphatic hydroxyl groups is 4. The molecule has 210 valence electrons. The monoisotopic (exact) mass is 530 g/mol. The number of fused-ring (bicyclic) bond motifs is 5. The lowest BCUT2D eigenvalue weighted by Gasteiger charge is -2.62. The van der Waals surface area contributed by atoms with Crippen molar-refractivity contribution in [3.63, 3.8) is 0 Å². The summed E-state index contributed by atoms with van der Waals surface area (Å²) >= 11 is 0. The second-order valence-electron chi connectivity index (χ2n) is 13.1. The van der Waals surface area contributed by atoms with Gasteiger partial charge in [-0.2, -0.15) is 0 Å². The predicted octanol–water partition coefficient (Wildman–Crippen LogP) is 3.01. The summed E-state index contributed by atoms with van der Waals surface area (Å²) in [6, 6.07) is 3.36. The van der Waals surface area contributed by atoms with Crippen molar-refractivity contribution in [3.8, 4) is 0 Å². The molecule has 4 fully saturated rings. The molecular formula is C30H42O8. The lowest BCUT2D eigenvalue weighted by atomic mass is 9.45. The quantitative estimate of drug-likeness (QED) is 0.439. The third kappa shape index (κ3) is 3.82. The number of hydrogen-bond donors (Lipinski definition) is 4. The number of hydrogen-bond acceptors (Lipinski definition) is 8. The molecule has 2 heterocycles. The van der Waals surface area contributed by atoms with Crippen LogP contribution in [-0.4, -0.2) is 62.8 Å². The van der Waals surface area contributed by atoms with Gasteiger partial charge in [0.15, 0.2) is 6.29 Å². The molecule has 0 bridgehead atoms. The molecule has 0 spiro atoms. The van der Waals surface area contributed by atoms with E-state index in [4.69, 9.17) is 13.9 Å². The highest BCUT2D eigenvalue weighted by Gasteiger charge is 2.66. The van der Waals surface area contributed by atoms with Crippen molar-refractivity contribution in [2.75, 3.05) is 0 Å². The molecular weight excluding hydrogens is 488 g/mol. The number of allylic oxidation sites excluding steroid dienone is 1. The van der Waals surface area contributed by atoms with Crippen LogP contribution in [0.1, 0.15) is 83.6 Å². The van der Waals surface area contributed by atoms with E-state index in [0.717, 1.165) is 56.9 Å². The Morgan fingerprint density at radius 2 is 1.74 bits per heavy atom. The summed E-state index contributed by atoms with van der Waals surface area (Å²) in [5.41, 5.74) is 0.991. The molecule has 4 N–H and O–H groups in total. The predicted molar refractivity (Wildman–Crippen MR) is 138 cm³/mol. The molecule has 1 aromatic rings. The molecule has 0 amide bonds. The maximum atomic E-state index is 12.4. The summed E-state index contributed by atoms with van der Waals surface area (Å²) in [6.07, 6.45) is 5.32. The molecule has 6 rings (SSSR count). The van der Waals surface area contributed by atoms with Gasteiger partial charge < -0.3 is 34.3 Å². The van der Waals surface area contributed by atoms with E-state index in [2.05, 4.69) is 19.9 Å². The van der Waals surface area contributed by atoms with Gasteiger partial charge in [-0.15, -0.1) is 0 Å². The van der Waals surface area contributed by atoms with Gasteiger partial charge in [0, 0.05) is 11.5 Å². The Hall–Kier alpha value is -1.55. The van der Waals surface area contributed by atoms with Gasteiger partial charge in [0.25, 0.3) is 0 Å². The minimum absolute atomic E-state index is 0.0213. The van der Waals surface area contributed by atoms with E-state index in [1.54, 1.807) is 13.2 Å². The van der Waals surface area contributed by atoms with E-state index in [1.807, 2.05) is 6.07 Å². The largest absolute Gasteiger partial charge is 0.431 e. The van der Waals surface area contributed by atoms with E-state index in [0.29, 0.717) is 5.92 Å². The van der Waals surface area contributed by atoms with Crippen molar-refractivity contribution in [1.29, 1.82) is 0 Å². The van der Waals surface area contributed by atoms with Crippen molar-refractivity contribution in [1.82, 2.24) is 0 Å². The fraction of sp³-hybridized carbons (Fsp3) is 0.767. The number of rotatable bonds is 3. The Morgan fingerprint density at radius 3 is 2.47 bits per heavy atom. The van der Waals surface area contributed by atoms with Crippen LogP contribution in [0.3, 0.4) is 0 Å². The SMILES string of the molecule is C[C@@H]1O[C@@H](O[C@@H]2C=C3CC[C@@H]4[C@H](CC[C@]5(C)[C@H](c6ccc(=O)oc6)CC[C@@]45O)[C@@]3(C)CC2)[C@H](O)[C@H](O)[C@H]1O. The Bertz CT molecular complexity index is 1130. The normalized spacial score (nSPS) is 50.5. The van der Waals surface area contributed by atoms with Crippen LogP contribution in [0, 0.1) is 22.7 Å². The molecule has 8 heteroatoms. The lowest BCUT2D eigenvalue weighted by Crippen LogP contribution is -2.60. The third-order valence-electron chi connectivity index (χ3n) is 11.5. The molecule has 1 saturated heterocycles. The van der Waals surface area contributed by atoms with Crippen LogP contribution in [0.2, 0.25) is 0 Å². The zero-order valence-electron chi connectivity index (χ0n) is 22.6. The second kappa shape index (κ2) is 9.25. The van der Waals surface area contributed by atoms with Gasteiger partial charge in [0.2, 0.25) is 0 Å². The molecule has 12 atom stereocenters. The van der Waals surface area contributed by atoms with Crippen molar-refractivity contribution >= 4 is 0 Å². The third-order valence-corrected chi connectivity index (χ3v) is 11.5. The highest BCUT2D eigenvalue weighted by molar-refractivity contribution is 5.31.